The summed E-state index contributed by atoms with van der Waals surface area (Å²) in [5.41, 5.74) is 0.985. The number of nitrogens with zero attached hydrogens (tertiary/aromatic N) is 1. The summed E-state index contributed by atoms with van der Waals surface area (Å²) >= 11 is 0. The van der Waals surface area contributed by atoms with Gasteiger partial charge in [0.15, 0.2) is 0 Å². The topological polar surface area (TPSA) is 46.6 Å². The molecule has 0 atom stereocenters. The van der Waals surface area contributed by atoms with Crippen LogP contribution >= 0.6 is 0 Å². The first kappa shape index (κ1) is 19.4. The van der Waals surface area contributed by atoms with Crippen LogP contribution in [0.25, 0.3) is 0 Å². The van der Waals surface area contributed by atoms with Crippen molar-refractivity contribution in [3.8, 4) is 0 Å². The van der Waals surface area contributed by atoms with Crippen LogP contribution < -0.4 is 0 Å². The molecule has 138 valence electrons. The van der Waals surface area contributed by atoms with Crippen LogP contribution in [0.5, 0.6) is 0 Å². The first-order valence-electron chi connectivity index (χ1n) is 9.29. The lowest BCUT2D eigenvalue weighted by Crippen LogP contribution is -2.39. The quantitative estimate of drug-likeness (QED) is 0.672. The van der Waals surface area contributed by atoms with Crippen LogP contribution in [0.2, 0.25) is 0 Å². The Balaban J connectivity index is 1.95. The Hall–Kier alpha value is -1.91. The fourth-order valence-corrected chi connectivity index (χ4v) is 3.31. The van der Waals surface area contributed by atoms with Crippen LogP contribution in [-0.4, -0.2) is 36.5 Å². The summed E-state index contributed by atoms with van der Waals surface area (Å²) in [4.78, 5) is 26.3. The van der Waals surface area contributed by atoms with Crippen LogP contribution in [0.3, 0.4) is 0 Å². The Morgan fingerprint density at radius 2 is 1.80 bits per heavy atom. The van der Waals surface area contributed by atoms with E-state index in [1.165, 1.54) is 18.6 Å². The molecule has 0 saturated heterocycles. The molecule has 1 saturated carbocycles. The highest BCUT2D eigenvalue weighted by molar-refractivity contribution is 5.79. The summed E-state index contributed by atoms with van der Waals surface area (Å²) in [7, 11) is 0. The summed E-state index contributed by atoms with van der Waals surface area (Å²) in [5.74, 6) is -0.317. The van der Waals surface area contributed by atoms with Crippen molar-refractivity contribution in [3.63, 3.8) is 0 Å². The van der Waals surface area contributed by atoms with E-state index in [4.69, 9.17) is 4.74 Å². The second-order valence-corrected chi connectivity index (χ2v) is 6.59. The van der Waals surface area contributed by atoms with Gasteiger partial charge >= 0.3 is 5.97 Å². The van der Waals surface area contributed by atoms with E-state index in [2.05, 4.69) is 0 Å². The summed E-state index contributed by atoms with van der Waals surface area (Å²) in [6, 6.07) is 6.34. The maximum Gasteiger partial charge on any atom is 0.307 e. The van der Waals surface area contributed by atoms with Gasteiger partial charge in [-0.2, -0.15) is 0 Å². The fourth-order valence-electron chi connectivity index (χ4n) is 3.31. The van der Waals surface area contributed by atoms with Crippen molar-refractivity contribution in [2.24, 2.45) is 5.92 Å². The largest absolute Gasteiger partial charge is 0.466 e. The molecule has 2 rings (SSSR count). The lowest BCUT2D eigenvalue weighted by molar-refractivity contribution is -0.144. The highest BCUT2D eigenvalue weighted by Crippen LogP contribution is 2.25. The second kappa shape index (κ2) is 10.2. The number of rotatable bonds is 8. The molecule has 0 N–H and O–H groups in total. The minimum Gasteiger partial charge on any atom is -0.466 e. The standard InChI is InChI=1S/C20H28FNO3/c1-2-25-19(23)13-15-22(20(24)17-6-4-3-5-7-17)14-12-16-8-10-18(21)11-9-16/h8-11,17H,2-7,12-15H2,1H3. The molecule has 1 aromatic carbocycles. The van der Waals surface area contributed by atoms with Gasteiger partial charge in [0, 0.05) is 19.0 Å². The van der Waals surface area contributed by atoms with E-state index in [9.17, 15) is 14.0 Å². The van der Waals surface area contributed by atoms with E-state index in [1.54, 1.807) is 24.0 Å². The number of benzene rings is 1. The molecule has 0 aromatic heterocycles. The molecule has 0 radical (unpaired) electrons. The highest BCUT2D eigenvalue weighted by Gasteiger charge is 2.26. The molecule has 25 heavy (non-hydrogen) atoms. The monoisotopic (exact) mass is 349 g/mol. The molecule has 0 unspecified atom stereocenters. The average Bonchev–Trinajstić information content (AvgIpc) is 2.63. The van der Waals surface area contributed by atoms with Gasteiger partial charge in [0.25, 0.3) is 0 Å². The van der Waals surface area contributed by atoms with Crippen molar-refractivity contribution < 1.29 is 18.7 Å². The smallest absolute Gasteiger partial charge is 0.307 e. The van der Waals surface area contributed by atoms with E-state index >= 15 is 0 Å². The molecule has 0 aliphatic heterocycles. The molecule has 1 aliphatic carbocycles. The maximum absolute atomic E-state index is 13.0. The van der Waals surface area contributed by atoms with Crippen LogP contribution in [0.1, 0.15) is 51.0 Å². The fraction of sp³-hybridized carbons (Fsp3) is 0.600. The number of amides is 1. The molecule has 0 heterocycles. The van der Waals surface area contributed by atoms with Crippen LogP contribution in [0.4, 0.5) is 4.39 Å². The number of ether oxygens (including phenoxy) is 1. The Kier molecular flexibility index (Phi) is 7.89. The van der Waals surface area contributed by atoms with Gasteiger partial charge in [0.1, 0.15) is 5.82 Å². The molecule has 1 amide bonds. The van der Waals surface area contributed by atoms with E-state index in [-0.39, 0.29) is 30.0 Å². The SMILES string of the molecule is CCOC(=O)CCN(CCc1ccc(F)cc1)C(=O)C1CCCCC1. The van der Waals surface area contributed by atoms with Gasteiger partial charge in [0.2, 0.25) is 5.91 Å². The number of hydrogen-bond acceptors (Lipinski definition) is 3. The normalized spacial score (nSPS) is 15.0. The lowest BCUT2D eigenvalue weighted by atomic mass is 9.88. The molecule has 1 aliphatic rings. The molecule has 0 spiro atoms. The predicted molar refractivity (Wildman–Crippen MR) is 94.5 cm³/mol. The van der Waals surface area contributed by atoms with Gasteiger partial charge < -0.3 is 9.64 Å². The third kappa shape index (κ3) is 6.48. The summed E-state index contributed by atoms with van der Waals surface area (Å²) in [6.07, 6.45) is 6.14. The van der Waals surface area contributed by atoms with Gasteiger partial charge in [-0.25, -0.2) is 4.39 Å². The zero-order valence-corrected chi connectivity index (χ0v) is 15.0. The summed E-state index contributed by atoms with van der Waals surface area (Å²) in [5, 5.41) is 0. The van der Waals surface area contributed by atoms with Gasteiger partial charge in [0.05, 0.1) is 13.0 Å². The van der Waals surface area contributed by atoms with Gasteiger partial charge in [-0.15, -0.1) is 0 Å². The molecular weight excluding hydrogens is 321 g/mol. The number of halogens is 1. The number of carbonyl (C=O) groups is 2. The van der Waals surface area contributed by atoms with Crippen LogP contribution in [-0.2, 0) is 20.7 Å². The Labute approximate surface area is 149 Å². The third-order valence-electron chi connectivity index (χ3n) is 4.74. The lowest BCUT2D eigenvalue weighted by Gasteiger charge is -2.29. The van der Waals surface area contributed by atoms with Crippen molar-refractivity contribution in [3.05, 3.63) is 35.6 Å². The molecule has 1 aromatic rings. The Morgan fingerprint density at radius 1 is 1.12 bits per heavy atom. The van der Waals surface area contributed by atoms with E-state index in [0.29, 0.717) is 26.1 Å². The molecule has 0 bridgehead atoms. The molecule has 5 heteroatoms. The maximum atomic E-state index is 13.0. The van der Waals surface area contributed by atoms with Crippen molar-refractivity contribution in [1.82, 2.24) is 4.90 Å². The first-order valence-corrected chi connectivity index (χ1v) is 9.29. The summed E-state index contributed by atoms with van der Waals surface area (Å²) in [6.45, 7) is 3.05. The van der Waals surface area contributed by atoms with Gasteiger partial charge in [-0.3, -0.25) is 9.59 Å². The van der Waals surface area contributed by atoms with E-state index < -0.39 is 0 Å². The average molecular weight is 349 g/mol. The highest BCUT2D eigenvalue weighted by atomic mass is 19.1. The van der Waals surface area contributed by atoms with Crippen molar-refractivity contribution >= 4 is 11.9 Å². The zero-order chi connectivity index (χ0) is 18.1. The molecule has 1 fully saturated rings. The molecular formula is C20H28FNO3. The molecule has 4 nitrogen and oxygen atoms in total. The second-order valence-electron chi connectivity index (χ2n) is 6.59. The van der Waals surface area contributed by atoms with Crippen molar-refractivity contribution in [1.29, 1.82) is 0 Å². The zero-order valence-electron chi connectivity index (χ0n) is 15.0. The van der Waals surface area contributed by atoms with E-state index in [0.717, 1.165) is 31.2 Å². The minimum atomic E-state index is -0.272. The summed E-state index contributed by atoms with van der Waals surface area (Å²) < 4.78 is 18.0. The van der Waals surface area contributed by atoms with Crippen LogP contribution in [0, 0.1) is 11.7 Å². The van der Waals surface area contributed by atoms with Gasteiger partial charge in [-0.05, 0) is 43.9 Å². The van der Waals surface area contributed by atoms with E-state index in [1.807, 2.05) is 0 Å². The third-order valence-corrected chi connectivity index (χ3v) is 4.74. The van der Waals surface area contributed by atoms with Crippen LogP contribution in [0.15, 0.2) is 24.3 Å². The number of carbonyl (C=O) groups excluding carboxylic acids is 2. The number of hydrogen-bond donors (Lipinski definition) is 0. The Bertz CT molecular complexity index is 553. The van der Waals surface area contributed by atoms with Crippen molar-refractivity contribution in [2.75, 3.05) is 19.7 Å². The predicted octanol–water partition coefficient (Wildman–Crippen LogP) is 3.73. The number of esters is 1. The van der Waals surface area contributed by atoms with Crippen molar-refractivity contribution in [2.45, 2.75) is 51.9 Å². The Morgan fingerprint density at radius 3 is 2.44 bits per heavy atom. The first-order chi connectivity index (χ1) is 12.1. The van der Waals surface area contributed by atoms with Gasteiger partial charge in [-0.1, -0.05) is 31.4 Å². The minimum absolute atomic E-state index is 0.0733.